The minimum Gasteiger partial charge on any atom is -0.495 e. The van der Waals surface area contributed by atoms with Crippen LogP contribution in [-0.2, 0) is 16.6 Å². The minimum absolute atomic E-state index is 0.0626. The normalized spacial score (nSPS) is 11.5. The molecule has 2 N–H and O–H groups in total. The summed E-state index contributed by atoms with van der Waals surface area (Å²) in [5.41, 5.74) is 0.534. The van der Waals surface area contributed by atoms with E-state index < -0.39 is 10.0 Å². The lowest BCUT2D eigenvalue weighted by Gasteiger charge is -2.11. The lowest BCUT2D eigenvalue weighted by molar-refractivity contribution is 0.281. The third kappa shape index (κ3) is 3.69. The van der Waals surface area contributed by atoms with E-state index in [0.29, 0.717) is 12.1 Å². The SMILES string of the molecule is CCCCNS(=O)(=O)c1cc(CO)ccc1OC. The predicted octanol–water partition coefficient (Wildman–Crippen LogP) is 1.27. The predicted molar refractivity (Wildman–Crippen MR) is 69.0 cm³/mol. The van der Waals surface area contributed by atoms with Crippen LogP contribution in [0.2, 0.25) is 0 Å². The summed E-state index contributed by atoms with van der Waals surface area (Å²) < 4.78 is 31.7. The van der Waals surface area contributed by atoms with E-state index in [9.17, 15) is 8.42 Å². The van der Waals surface area contributed by atoms with Crippen LogP contribution in [0, 0.1) is 0 Å². The number of unbranched alkanes of at least 4 members (excludes halogenated alkanes) is 1. The average Bonchev–Trinajstić information content (AvgIpc) is 2.38. The van der Waals surface area contributed by atoms with Gasteiger partial charge >= 0.3 is 0 Å². The molecule has 0 spiro atoms. The van der Waals surface area contributed by atoms with Crippen LogP contribution in [-0.4, -0.2) is 27.2 Å². The number of nitrogens with one attached hydrogen (secondary N) is 1. The fraction of sp³-hybridized carbons (Fsp3) is 0.500. The van der Waals surface area contributed by atoms with Crippen LogP contribution >= 0.6 is 0 Å². The van der Waals surface area contributed by atoms with Crippen molar-refractivity contribution >= 4 is 10.0 Å². The van der Waals surface area contributed by atoms with Gasteiger partial charge in [-0.3, -0.25) is 0 Å². The summed E-state index contributed by atoms with van der Waals surface area (Å²) in [6, 6.07) is 4.59. The molecule has 0 bridgehead atoms. The van der Waals surface area contributed by atoms with Gasteiger partial charge in [0.25, 0.3) is 0 Å². The molecule has 0 saturated carbocycles. The van der Waals surface area contributed by atoms with Gasteiger partial charge in [0.2, 0.25) is 10.0 Å². The van der Waals surface area contributed by atoms with Crippen molar-refractivity contribution in [3.8, 4) is 5.75 Å². The summed E-state index contributed by atoms with van der Waals surface area (Å²) in [6.07, 6.45) is 1.69. The Morgan fingerprint density at radius 3 is 2.67 bits per heavy atom. The van der Waals surface area contributed by atoms with Crippen LogP contribution in [0.4, 0.5) is 0 Å². The molecule has 0 amide bonds. The summed E-state index contributed by atoms with van der Waals surface area (Å²) >= 11 is 0. The minimum atomic E-state index is -3.59. The van der Waals surface area contributed by atoms with Crippen LogP contribution in [0.25, 0.3) is 0 Å². The van der Waals surface area contributed by atoms with Gasteiger partial charge < -0.3 is 9.84 Å². The molecule has 0 aliphatic rings. The standard InChI is InChI=1S/C12H19NO4S/c1-3-4-7-13-18(15,16)12-8-10(9-14)5-6-11(12)17-2/h5-6,8,13-14H,3-4,7,9H2,1-2H3. The highest BCUT2D eigenvalue weighted by Crippen LogP contribution is 2.24. The topological polar surface area (TPSA) is 75.6 Å². The molecule has 1 aromatic rings. The van der Waals surface area contributed by atoms with Crippen molar-refractivity contribution in [3.05, 3.63) is 23.8 Å². The molecule has 0 aromatic heterocycles. The van der Waals surface area contributed by atoms with Gasteiger partial charge in [0.1, 0.15) is 10.6 Å². The van der Waals surface area contributed by atoms with Gasteiger partial charge in [0.15, 0.2) is 0 Å². The largest absolute Gasteiger partial charge is 0.495 e. The van der Waals surface area contributed by atoms with Crippen LogP contribution < -0.4 is 9.46 Å². The van der Waals surface area contributed by atoms with Crippen molar-refractivity contribution < 1.29 is 18.3 Å². The Morgan fingerprint density at radius 1 is 1.39 bits per heavy atom. The molecule has 0 saturated heterocycles. The van der Waals surface area contributed by atoms with Crippen molar-refractivity contribution in [2.45, 2.75) is 31.3 Å². The van der Waals surface area contributed by atoms with Crippen molar-refractivity contribution in [1.29, 1.82) is 0 Å². The Labute approximate surface area is 108 Å². The molecule has 6 heteroatoms. The Morgan fingerprint density at radius 2 is 2.11 bits per heavy atom. The molecule has 0 aliphatic heterocycles. The lowest BCUT2D eigenvalue weighted by Crippen LogP contribution is -2.25. The third-order valence-corrected chi connectivity index (χ3v) is 4.00. The summed E-state index contributed by atoms with van der Waals surface area (Å²) in [7, 11) is -2.18. The van der Waals surface area contributed by atoms with E-state index in [0.717, 1.165) is 12.8 Å². The first-order chi connectivity index (χ1) is 8.55. The molecular formula is C12H19NO4S. The third-order valence-electron chi connectivity index (χ3n) is 2.52. The van der Waals surface area contributed by atoms with E-state index in [4.69, 9.17) is 9.84 Å². The highest BCUT2D eigenvalue weighted by molar-refractivity contribution is 7.89. The van der Waals surface area contributed by atoms with Crippen LogP contribution in [0.3, 0.4) is 0 Å². The van der Waals surface area contributed by atoms with E-state index in [1.54, 1.807) is 12.1 Å². The Hall–Kier alpha value is -1.11. The molecule has 102 valence electrons. The second-order valence-corrected chi connectivity index (χ2v) is 5.63. The Kier molecular flexibility index (Phi) is 5.58. The van der Waals surface area contributed by atoms with Gasteiger partial charge in [-0.2, -0.15) is 0 Å². The molecule has 0 fully saturated rings. The molecule has 1 rings (SSSR count). The van der Waals surface area contributed by atoms with E-state index in [2.05, 4.69) is 4.72 Å². The Balaban J connectivity index is 3.05. The number of ether oxygens (including phenoxy) is 1. The fourth-order valence-corrected chi connectivity index (χ4v) is 2.78. The zero-order chi connectivity index (χ0) is 13.6. The van der Waals surface area contributed by atoms with Crippen molar-refractivity contribution in [2.24, 2.45) is 0 Å². The van der Waals surface area contributed by atoms with E-state index in [1.165, 1.54) is 13.2 Å². The summed E-state index contributed by atoms with van der Waals surface area (Å²) in [6.45, 7) is 2.17. The van der Waals surface area contributed by atoms with Crippen molar-refractivity contribution in [2.75, 3.05) is 13.7 Å². The van der Waals surface area contributed by atoms with Gasteiger partial charge in [0, 0.05) is 6.54 Å². The number of rotatable bonds is 7. The van der Waals surface area contributed by atoms with Crippen LogP contribution in [0.5, 0.6) is 5.75 Å². The molecule has 0 heterocycles. The van der Waals surface area contributed by atoms with Gasteiger partial charge in [0.05, 0.1) is 13.7 Å². The molecule has 0 unspecified atom stereocenters. The van der Waals surface area contributed by atoms with Crippen LogP contribution in [0.15, 0.2) is 23.1 Å². The highest BCUT2D eigenvalue weighted by atomic mass is 32.2. The number of methoxy groups -OCH3 is 1. The smallest absolute Gasteiger partial charge is 0.244 e. The zero-order valence-corrected chi connectivity index (χ0v) is 11.5. The molecule has 0 atom stereocenters. The Bertz CT molecular complexity index is 485. The van der Waals surface area contributed by atoms with Crippen LogP contribution in [0.1, 0.15) is 25.3 Å². The number of aliphatic hydroxyl groups is 1. The first kappa shape index (κ1) is 14.9. The maximum absolute atomic E-state index is 12.1. The van der Waals surface area contributed by atoms with E-state index in [-0.39, 0.29) is 17.3 Å². The molecular weight excluding hydrogens is 254 g/mol. The lowest BCUT2D eigenvalue weighted by atomic mass is 10.2. The maximum Gasteiger partial charge on any atom is 0.244 e. The highest BCUT2D eigenvalue weighted by Gasteiger charge is 2.19. The number of benzene rings is 1. The second kappa shape index (κ2) is 6.72. The quantitative estimate of drug-likeness (QED) is 0.733. The molecule has 5 nitrogen and oxygen atoms in total. The molecule has 18 heavy (non-hydrogen) atoms. The first-order valence-electron chi connectivity index (χ1n) is 5.82. The zero-order valence-electron chi connectivity index (χ0n) is 10.6. The number of aliphatic hydroxyl groups excluding tert-OH is 1. The number of hydrogen-bond acceptors (Lipinski definition) is 4. The second-order valence-electron chi connectivity index (χ2n) is 3.89. The summed E-state index contributed by atoms with van der Waals surface area (Å²) in [5, 5.41) is 9.05. The molecule has 0 aliphatic carbocycles. The monoisotopic (exact) mass is 273 g/mol. The average molecular weight is 273 g/mol. The van der Waals surface area contributed by atoms with Crippen molar-refractivity contribution in [3.63, 3.8) is 0 Å². The van der Waals surface area contributed by atoms with Gasteiger partial charge in [-0.1, -0.05) is 19.4 Å². The summed E-state index contributed by atoms with van der Waals surface area (Å²) in [5.74, 6) is 0.274. The van der Waals surface area contributed by atoms with Gasteiger partial charge in [-0.25, -0.2) is 13.1 Å². The first-order valence-corrected chi connectivity index (χ1v) is 7.31. The fourth-order valence-electron chi connectivity index (χ4n) is 1.49. The van der Waals surface area contributed by atoms with Gasteiger partial charge in [-0.05, 0) is 24.1 Å². The maximum atomic E-state index is 12.1. The van der Waals surface area contributed by atoms with E-state index in [1.807, 2.05) is 6.92 Å². The number of hydrogen-bond donors (Lipinski definition) is 2. The van der Waals surface area contributed by atoms with Gasteiger partial charge in [-0.15, -0.1) is 0 Å². The molecule has 0 radical (unpaired) electrons. The number of sulfonamides is 1. The molecule has 1 aromatic carbocycles. The van der Waals surface area contributed by atoms with E-state index >= 15 is 0 Å². The summed E-state index contributed by atoms with van der Waals surface area (Å²) in [4.78, 5) is 0.0626. The van der Waals surface area contributed by atoms with Crippen molar-refractivity contribution in [1.82, 2.24) is 4.72 Å².